The first-order valence-electron chi connectivity index (χ1n) is 12.3. The highest BCUT2D eigenvalue weighted by Gasteiger charge is 2.29. The molecule has 1 aliphatic carbocycles. The van der Waals surface area contributed by atoms with Gasteiger partial charge >= 0.3 is 23.9 Å². The number of Topliss-reactive ketones (excluding diaryl/α,β-unsaturated/α-hetero) is 1. The second-order valence-corrected chi connectivity index (χ2v) is 10.7. The number of hydrogen-bond donors (Lipinski definition) is 5. The Balaban J connectivity index is 2.43. The quantitative estimate of drug-likeness (QED) is 0.202. The van der Waals surface area contributed by atoms with Crippen LogP contribution in [0.1, 0.15) is 18.1 Å². The Hall–Kier alpha value is -5.28. The third-order valence-electron chi connectivity index (χ3n) is 6.12. The summed E-state index contributed by atoms with van der Waals surface area (Å²) in [6, 6.07) is 11.0. The van der Waals surface area contributed by atoms with Crippen LogP contribution >= 0.6 is 0 Å². The van der Waals surface area contributed by atoms with Crippen molar-refractivity contribution in [2.45, 2.75) is 11.8 Å². The molecule has 0 heterocycles. The molecule has 0 aromatic heterocycles. The largest absolute Gasteiger partial charge is 0.480 e. The molecular weight excluding hydrogens is 588 g/mol. The van der Waals surface area contributed by atoms with E-state index in [9.17, 15) is 57.4 Å². The first-order chi connectivity index (χ1) is 20.1. The highest BCUT2D eigenvalue weighted by atomic mass is 32.2. The number of carbonyl (C=O) groups is 5. The Kier molecular flexibility index (Phi) is 9.85. The first kappa shape index (κ1) is 32.2. The second-order valence-electron chi connectivity index (χ2n) is 9.33. The lowest BCUT2D eigenvalue weighted by molar-refractivity contribution is -0.141. The summed E-state index contributed by atoms with van der Waals surface area (Å²) in [5, 5.41) is 37.4. The van der Waals surface area contributed by atoms with E-state index in [4.69, 9.17) is 0 Å². The summed E-state index contributed by atoms with van der Waals surface area (Å²) in [6.45, 7) is -1.70. The van der Waals surface area contributed by atoms with Crippen LogP contribution in [0.15, 0.2) is 82.4 Å². The van der Waals surface area contributed by atoms with E-state index in [0.29, 0.717) is 0 Å². The van der Waals surface area contributed by atoms with Crippen LogP contribution < -0.4 is 4.90 Å². The van der Waals surface area contributed by atoms with E-state index in [1.807, 2.05) is 0 Å². The van der Waals surface area contributed by atoms with E-state index in [1.165, 1.54) is 61.5 Å². The van der Waals surface area contributed by atoms with Crippen molar-refractivity contribution in [1.82, 2.24) is 4.90 Å². The van der Waals surface area contributed by atoms with Gasteiger partial charge in [-0.25, -0.2) is 0 Å². The van der Waals surface area contributed by atoms with Crippen molar-refractivity contribution in [2.75, 3.05) is 31.1 Å². The van der Waals surface area contributed by atoms with Crippen molar-refractivity contribution in [3.63, 3.8) is 0 Å². The fraction of sp³-hybridized carbons (Fsp3) is 0.179. The van der Waals surface area contributed by atoms with E-state index in [1.54, 1.807) is 0 Å². The SMILES string of the molecule is CC1=CC(=C(c2cccc(N(CC(=O)O)CC(=O)O)c2)c2ccccc2S(=O)(=O)O)C=C(N(CC(=O)O)CC(=O)O)C1=O. The Morgan fingerprint density at radius 3 is 1.81 bits per heavy atom. The minimum Gasteiger partial charge on any atom is -0.480 e. The number of anilines is 1. The van der Waals surface area contributed by atoms with Gasteiger partial charge in [-0.3, -0.25) is 28.5 Å². The second kappa shape index (κ2) is 13.1. The van der Waals surface area contributed by atoms with Crippen LogP contribution in [-0.4, -0.2) is 94.1 Å². The molecule has 0 unspecified atom stereocenters. The third kappa shape index (κ3) is 8.15. The summed E-state index contributed by atoms with van der Waals surface area (Å²) in [6.07, 6.45) is 2.55. The zero-order valence-electron chi connectivity index (χ0n) is 22.5. The van der Waals surface area contributed by atoms with Gasteiger partial charge in [0.25, 0.3) is 10.1 Å². The molecule has 2 aromatic rings. The molecule has 3 rings (SSSR count). The van der Waals surface area contributed by atoms with Crippen LogP contribution in [0, 0.1) is 0 Å². The van der Waals surface area contributed by atoms with Crippen molar-refractivity contribution < 1.29 is 57.4 Å². The van der Waals surface area contributed by atoms with Crippen LogP contribution in [0.3, 0.4) is 0 Å². The maximum absolute atomic E-state index is 13.1. The third-order valence-corrected chi connectivity index (χ3v) is 7.03. The summed E-state index contributed by atoms with van der Waals surface area (Å²) in [5.74, 6) is -6.17. The summed E-state index contributed by atoms with van der Waals surface area (Å²) in [7, 11) is -4.84. The number of nitrogens with zero attached hydrogens (tertiary/aromatic N) is 2. The molecule has 0 saturated heterocycles. The smallest absolute Gasteiger partial charge is 0.323 e. The molecular formula is C28H26N2O12S. The van der Waals surface area contributed by atoms with E-state index < -0.39 is 70.9 Å². The number of aliphatic carboxylic acids is 4. The molecule has 15 heteroatoms. The topological polar surface area (TPSA) is 227 Å². The number of ketones is 1. The van der Waals surface area contributed by atoms with Crippen molar-refractivity contribution in [3.05, 3.63) is 88.7 Å². The zero-order valence-corrected chi connectivity index (χ0v) is 23.3. The van der Waals surface area contributed by atoms with Crippen molar-refractivity contribution in [1.29, 1.82) is 0 Å². The average Bonchev–Trinajstić information content (AvgIpc) is 2.89. The van der Waals surface area contributed by atoms with Gasteiger partial charge in [-0.1, -0.05) is 30.3 Å². The summed E-state index contributed by atoms with van der Waals surface area (Å²) in [4.78, 5) is 60.4. The molecule has 0 fully saturated rings. The van der Waals surface area contributed by atoms with Gasteiger partial charge in [-0.2, -0.15) is 8.42 Å². The number of allylic oxidation sites excluding steroid dienone is 4. The van der Waals surface area contributed by atoms with Crippen LogP contribution in [0.25, 0.3) is 5.57 Å². The minimum absolute atomic E-state index is 0.0460. The predicted molar refractivity (Wildman–Crippen MR) is 150 cm³/mol. The molecule has 14 nitrogen and oxygen atoms in total. The summed E-state index contributed by atoms with van der Waals surface area (Å²) >= 11 is 0. The number of carbonyl (C=O) groups excluding carboxylic acids is 1. The Morgan fingerprint density at radius 2 is 1.28 bits per heavy atom. The Bertz CT molecular complexity index is 1670. The molecule has 0 amide bonds. The van der Waals surface area contributed by atoms with Crippen LogP contribution in [-0.2, 0) is 34.1 Å². The van der Waals surface area contributed by atoms with Gasteiger partial charge in [0.05, 0.1) is 5.70 Å². The molecule has 5 N–H and O–H groups in total. The number of benzene rings is 2. The van der Waals surface area contributed by atoms with Gasteiger partial charge < -0.3 is 30.2 Å². The van der Waals surface area contributed by atoms with Crippen LogP contribution in [0.2, 0.25) is 0 Å². The molecule has 226 valence electrons. The molecule has 0 bridgehead atoms. The number of hydrogen-bond acceptors (Lipinski definition) is 9. The summed E-state index contributed by atoms with van der Waals surface area (Å²) < 4.78 is 34.8. The maximum Gasteiger partial charge on any atom is 0.323 e. The first-order valence-corrected chi connectivity index (χ1v) is 13.8. The highest BCUT2D eigenvalue weighted by molar-refractivity contribution is 7.86. The maximum atomic E-state index is 13.1. The van der Waals surface area contributed by atoms with E-state index in [0.717, 1.165) is 15.9 Å². The predicted octanol–water partition coefficient (Wildman–Crippen LogP) is 1.59. The molecule has 2 aromatic carbocycles. The highest BCUT2D eigenvalue weighted by Crippen LogP contribution is 2.37. The van der Waals surface area contributed by atoms with Gasteiger partial charge in [0.2, 0.25) is 5.78 Å². The molecule has 43 heavy (non-hydrogen) atoms. The van der Waals surface area contributed by atoms with E-state index in [2.05, 4.69) is 0 Å². The lowest BCUT2D eigenvalue weighted by Gasteiger charge is -2.27. The number of rotatable bonds is 13. The van der Waals surface area contributed by atoms with Crippen LogP contribution in [0.5, 0.6) is 0 Å². The van der Waals surface area contributed by atoms with E-state index in [-0.39, 0.29) is 39.2 Å². The van der Waals surface area contributed by atoms with Gasteiger partial charge in [-0.15, -0.1) is 0 Å². The van der Waals surface area contributed by atoms with Gasteiger partial charge in [0.1, 0.15) is 31.1 Å². The van der Waals surface area contributed by atoms with Gasteiger partial charge in [0, 0.05) is 11.3 Å². The fourth-order valence-electron chi connectivity index (χ4n) is 4.49. The number of carboxylic acids is 4. The Morgan fingerprint density at radius 1 is 0.744 bits per heavy atom. The van der Waals surface area contributed by atoms with Gasteiger partial charge in [-0.05, 0) is 59.6 Å². The lowest BCUT2D eigenvalue weighted by Crippen LogP contribution is -2.37. The van der Waals surface area contributed by atoms with Crippen molar-refractivity contribution >= 4 is 51.0 Å². The molecule has 0 aliphatic heterocycles. The van der Waals surface area contributed by atoms with E-state index >= 15 is 0 Å². The molecule has 0 saturated carbocycles. The molecule has 1 aliphatic rings. The number of carboxylic acid groups (broad SMARTS) is 4. The molecule has 0 radical (unpaired) electrons. The minimum atomic E-state index is -4.84. The summed E-state index contributed by atoms with van der Waals surface area (Å²) in [5.41, 5.74) is 0.166. The Labute approximate surface area is 244 Å². The van der Waals surface area contributed by atoms with Gasteiger partial charge in [0.15, 0.2) is 0 Å². The average molecular weight is 615 g/mol. The zero-order chi connectivity index (χ0) is 32.1. The van der Waals surface area contributed by atoms with Crippen LogP contribution in [0.4, 0.5) is 5.69 Å². The fourth-order valence-corrected chi connectivity index (χ4v) is 5.18. The monoisotopic (exact) mass is 614 g/mol. The standard InChI is InChI=1S/C28H26N2O12S/c1-16-9-18(11-21(28(16)39)30(14-25(35)36)15-26(37)38)27(20-7-2-3-8-22(20)43(40,41)42)17-5-4-6-19(10-17)29(12-23(31)32)13-24(33)34/h2-11H,12-15H2,1H3,(H,31,32)(H,33,34)(H,35,36)(H,37,38)(H,40,41,42). The normalized spacial score (nSPS) is 14.3. The van der Waals surface area contributed by atoms with Crippen molar-refractivity contribution in [2.24, 2.45) is 0 Å². The van der Waals surface area contributed by atoms with Crippen molar-refractivity contribution in [3.8, 4) is 0 Å². The molecule has 0 spiro atoms. The molecule has 0 atom stereocenters. The lowest BCUT2D eigenvalue weighted by atomic mass is 9.87.